The van der Waals surface area contributed by atoms with Crippen molar-refractivity contribution in [1.82, 2.24) is 9.62 Å². The summed E-state index contributed by atoms with van der Waals surface area (Å²) in [6, 6.07) is 13.1. The highest BCUT2D eigenvalue weighted by Crippen LogP contribution is 2.27. The van der Waals surface area contributed by atoms with E-state index in [4.69, 9.17) is 9.47 Å². The molecule has 36 heavy (non-hydrogen) atoms. The van der Waals surface area contributed by atoms with Crippen LogP contribution in [-0.2, 0) is 26.0 Å². The number of nitrogens with zero attached hydrogens (tertiary/aromatic N) is 2. The van der Waals surface area contributed by atoms with Crippen LogP contribution in [0.3, 0.4) is 0 Å². The summed E-state index contributed by atoms with van der Waals surface area (Å²) < 4.78 is 38.3. The number of amides is 1. The lowest BCUT2D eigenvalue weighted by Crippen LogP contribution is -2.40. The molecule has 8 nitrogen and oxygen atoms in total. The van der Waals surface area contributed by atoms with Crippen LogP contribution in [0.15, 0.2) is 47.4 Å². The number of piperidine rings is 1. The molecule has 0 bridgehead atoms. The van der Waals surface area contributed by atoms with Crippen molar-refractivity contribution in [3.63, 3.8) is 0 Å². The Morgan fingerprint density at radius 3 is 2.39 bits per heavy atom. The number of anilines is 1. The lowest BCUT2D eigenvalue weighted by molar-refractivity contribution is -0.121. The molecule has 2 aromatic carbocycles. The first kappa shape index (κ1) is 26.4. The average Bonchev–Trinajstić information content (AvgIpc) is 2.92. The largest absolute Gasteiger partial charge is 0.496 e. The summed E-state index contributed by atoms with van der Waals surface area (Å²) in [6.07, 6.45) is 4.38. The van der Waals surface area contributed by atoms with E-state index in [1.807, 2.05) is 6.92 Å². The van der Waals surface area contributed by atoms with Gasteiger partial charge in [0.25, 0.3) is 0 Å². The number of hydrogen-bond donors (Lipinski definition) is 1. The van der Waals surface area contributed by atoms with E-state index in [2.05, 4.69) is 34.5 Å². The van der Waals surface area contributed by atoms with Gasteiger partial charge in [0.05, 0.1) is 31.3 Å². The molecule has 0 spiro atoms. The van der Waals surface area contributed by atoms with Crippen LogP contribution in [0.1, 0.15) is 49.8 Å². The summed E-state index contributed by atoms with van der Waals surface area (Å²) in [4.78, 5) is 15.4. The summed E-state index contributed by atoms with van der Waals surface area (Å²) >= 11 is 0. The van der Waals surface area contributed by atoms with E-state index in [0.717, 1.165) is 18.7 Å². The van der Waals surface area contributed by atoms with Crippen LogP contribution >= 0.6 is 0 Å². The minimum absolute atomic E-state index is 0.0916. The Balaban J connectivity index is 1.36. The molecule has 0 aromatic heterocycles. The summed E-state index contributed by atoms with van der Waals surface area (Å²) in [5.41, 5.74) is 2.98. The molecule has 196 valence electrons. The van der Waals surface area contributed by atoms with Crippen molar-refractivity contribution in [1.29, 1.82) is 0 Å². The molecule has 2 aliphatic heterocycles. The van der Waals surface area contributed by atoms with Crippen LogP contribution in [0.5, 0.6) is 5.75 Å². The number of hydrogen-bond acceptors (Lipinski definition) is 6. The van der Waals surface area contributed by atoms with Gasteiger partial charge in [0.2, 0.25) is 15.9 Å². The zero-order valence-corrected chi connectivity index (χ0v) is 22.1. The van der Waals surface area contributed by atoms with E-state index in [-0.39, 0.29) is 23.3 Å². The van der Waals surface area contributed by atoms with Gasteiger partial charge in [0.15, 0.2) is 0 Å². The Labute approximate surface area is 214 Å². The van der Waals surface area contributed by atoms with E-state index in [9.17, 15) is 13.2 Å². The van der Waals surface area contributed by atoms with E-state index in [1.54, 1.807) is 25.3 Å². The van der Waals surface area contributed by atoms with Crippen LogP contribution in [0.4, 0.5) is 5.69 Å². The number of morpholine rings is 1. The SMILES string of the molecule is COc1ccc(S(=O)(=O)N2CCOCC2)cc1CCC(=O)NC(C)c1ccc(N2CCCCC2)cc1. The fourth-order valence-electron chi connectivity index (χ4n) is 4.82. The first-order chi connectivity index (χ1) is 17.4. The number of benzene rings is 2. The van der Waals surface area contributed by atoms with Gasteiger partial charge in [-0.25, -0.2) is 8.42 Å². The average molecular weight is 516 g/mol. The zero-order chi connectivity index (χ0) is 25.5. The fourth-order valence-corrected chi connectivity index (χ4v) is 6.28. The normalized spacial score (nSPS) is 18.0. The quantitative estimate of drug-likeness (QED) is 0.550. The lowest BCUT2D eigenvalue weighted by Gasteiger charge is -2.29. The Morgan fingerprint density at radius 1 is 1.03 bits per heavy atom. The third kappa shape index (κ3) is 6.38. The Bertz CT molecular complexity index is 1120. The second-order valence-electron chi connectivity index (χ2n) is 9.42. The van der Waals surface area contributed by atoms with Gasteiger partial charge in [-0.05, 0) is 74.1 Å². The number of nitrogens with one attached hydrogen (secondary N) is 1. The van der Waals surface area contributed by atoms with Gasteiger partial charge in [0.1, 0.15) is 5.75 Å². The molecule has 1 amide bonds. The van der Waals surface area contributed by atoms with Gasteiger partial charge in [0, 0.05) is 38.3 Å². The standard InChI is InChI=1S/C27H37N3O5S/c1-21(22-6-9-24(10-7-22)29-14-4-3-5-15-29)28-27(31)13-8-23-20-25(11-12-26(23)34-2)36(32,33)30-16-18-35-19-17-30/h6-7,9-12,20-21H,3-5,8,13-19H2,1-2H3,(H,28,31). The molecule has 1 atom stereocenters. The highest BCUT2D eigenvalue weighted by Gasteiger charge is 2.27. The maximum Gasteiger partial charge on any atom is 0.243 e. The van der Waals surface area contributed by atoms with Crippen LogP contribution < -0.4 is 15.0 Å². The number of methoxy groups -OCH3 is 1. The second kappa shape index (κ2) is 12.1. The number of aryl methyl sites for hydroxylation is 1. The van der Waals surface area contributed by atoms with Crippen LogP contribution in [-0.4, -0.2) is 65.1 Å². The van der Waals surface area contributed by atoms with E-state index >= 15 is 0 Å². The summed E-state index contributed by atoms with van der Waals surface area (Å²) in [5.74, 6) is 0.483. The molecule has 1 N–H and O–H groups in total. The van der Waals surface area contributed by atoms with Crippen LogP contribution in [0, 0.1) is 0 Å². The van der Waals surface area contributed by atoms with Crippen molar-refractivity contribution in [2.24, 2.45) is 0 Å². The Morgan fingerprint density at radius 2 is 1.72 bits per heavy atom. The topological polar surface area (TPSA) is 88.2 Å². The maximum atomic E-state index is 13.1. The highest BCUT2D eigenvalue weighted by molar-refractivity contribution is 7.89. The highest BCUT2D eigenvalue weighted by atomic mass is 32.2. The molecule has 2 heterocycles. The smallest absolute Gasteiger partial charge is 0.243 e. The second-order valence-corrected chi connectivity index (χ2v) is 11.4. The number of carbonyl (C=O) groups is 1. The van der Waals surface area contributed by atoms with E-state index in [1.165, 1.54) is 29.3 Å². The number of sulfonamides is 1. The van der Waals surface area contributed by atoms with Gasteiger partial charge < -0.3 is 19.7 Å². The summed E-state index contributed by atoms with van der Waals surface area (Å²) in [7, 11) is -2.07. The molecular weight excluding hydrogens is 478 g/mol. The van der Waals surface area contributed by atoms with Gasteiger partial charge >= 0.3 is 0 Å². The fraction of sp³-hybridized carbons (Fsp3) is 0.519. The maximum absolute atomic E-state index is 13.1. The lowest BCUT2D eigenvalue weighted by atomic mass is 10.0. The zero-order valence-electron chi connectivity index (χ0n) is 21.2. The minimum Gasteiger partial charge on any atom is -0.496 e. The first-order valence-electron chi connectivity index (χ1n) is 12.8. The van der Waals surface area contributed by atoms with Crippen LogP contribution in [0.2, 0.25) is 0 Å². The monoisotopic (exact) mass is 515 g/mol. The van der Waals surface area contributed by atoms with Gasteiger partial charge in [-0.2, -0.15) is 4.31 Å². The van der Waals surface area contributed by atoms with Crippen molar-refractivity contribution in [3.8, 4) is 5.75 Å². The molecule has 0 aliphatic carbocycles. The van der Waals surface area contributed by atoms with Crippen molar-refractivity contribution in [2.45, 2.75) is 50.0 Å². The van der Waals surface area contributed by atoms with E-state index in [0.29, 0.717) is 44.0 Å². The predicted molar refractivity (Wildman–Crippen MR) is 140 cm³/mol. The molecule has 0 radical (unpaired) electrons. The summed E-state index contributed by atoms with van der Waals surface area (Å²) in [5, 5.41) is 3.07. The third-order valence-electron chi connectivity index (χ3n) is 6.97. The molecule has 9 heteroatoms. The van der Waals surface area contributed by atoms with Gasteiger partial charge in [-0.15, -0.1) is 0 Å². The van der Waals surface area contributed by atoms with Gasteiger partial charge in [-0.1, -0.05) is 12.1 Å². The van der Waals surface area contributed by atoms with Crippen molar-refractivity contribution < 1.29 is 22.7 Å². The van der Waals surface area contributed by atoms with Crippen molar-refractivity contribution in [3.05, 3.63) is 53.6 Å². The predicted octanol–water partition coefficient (Wildman–Crippen LogP) is 3.52. The Kier molecular flexibility index (Phi) is 8.87. The number of carbonyl (C=O) groups excluding carboxylic acids is 1. The molecule has 4 rings (SSSR count). The van der Waals surface area contributed by atoms with Crippen molar-refractivity contribution >= 4 is 21.6 Å². The van der Waals surface area contributed by atoms with Gasteiger partial charge in [-0.3, -0.25) is 4.79 Å². The molecule has 0 saturated carbocycles. The first-order valence-corrected chi connectivity index (χ1v) is 14.2. The molecule has 2 aliphatic rings. The molecule has 2 fully saturated rings. The molecule has 2 saturated heterocycles. The minimum atomic E-state index is -3.62. The third-order valence-corrected chi connectivity index (χ3v) is 8.87. The summed E-state index contributed by atoms with van der Waals surface area (Å²) in [6.45, 7) is 5.63. The number of rotatable bonds is 9. The molecule has 2 aromatic rings. The molecule has 1 unspecified atom stereocenters. The molecular formula is C27H37N3O5S. The van der Waals surface area contributed by atoms with Crippen LogP contribution in [0.25, 0.3) is 0 Å². The van der Waals surface area contributed by atoms with E-state index < -0.39 is 10.0 Å². The number of ether oxygens (including phenoxy) is 2. The Hall–Kier alpha value is -2.62. The van der Waals surface area contributed by atoms with Crippen molar-refractivity contribution in [2.75, 3.05) is 51.4 Å².